The van der Waals surface area contributed by atoms with Crippen molar-refractivity contribution in [2.45, 2.75) is 123 Å². The molecule has 16 nitrogen and oxygen atoms in total. The van der Waals surface area contributed by atoms with Crippen LogP contribution in [0.2, 0.25) is 0 Å². The minimum absolute atomic E-state index is 0.00422. The second-order valence-corrected chi connectivity index (χ2v) is 24.5. The Morgan fingerprint density at radius 2 is 1.74 bits per heavy atom. The lowest BCUT2D eigenvalue weighted by atomic mass is 9.85. The molecule has 82 heavy (non-hydrogen) atoms. The van der Waals surface area contributed by atoms with E-state index in [9.17, 15) is 29.1 Å². The van der Waals surface area contributed by atoms with Crippen LogP contribution in [-0.4, -0.2) is 99.6 Å². The predicted molar refractivity (Wildman–Crippen MR) is 319 cm³/mol. The fraction of sp³-hybridized carbons (Fsp3) is 0.387. The number of rotatable bonds is 21. The van der Waals surface area contributed by atoms with Crippen LogP contribution in [0.4, 0.5) is 14.7 Å². The number of halogens is 1. The number of hydrogen-bond donors (Lipinski definition) is 4. The molecule has 0 unspecified atom stereocenters. The van der Waals surface area contributed by atoms with Crippen molar-refractivity contribution < 1.29 is 42.9 Å². The summed E-state index contributed by atoms with van der Waals surface area (Å²) in [5.41, 5.74) is 7.91. The molecule has 4 N–H and O–H groups in total. The highest BCUT2D eigenvalue weighted by Gasteiger charge is 2.44. The number of aromatic nitrogens is 3. The van der Waals surface area contributed by atoms with Gasteiger partial charge >= 0.3 is 5.97 Å². The van der Waals surface area contributed by atoms with Crippen LogP contribution < -0.4 is 25.6 Å². The molecule has 3 atom stereocenters. The van der Waals surface area contributed by atoms with Crippen molar-refractivity contribution in [1.82, 2.24) is 30.5 Å². The van der Waals surface area contributed by atoms with Crippen LogP contribution >= 0.6 is 34.0 Å². The zero-order chi connectivity index (χ0) is 57.9. The third-order valence-electron chi connectivity index (χ3n) is 14.5. The number of aliphatic hydroxyl groups excluding tert-OH is 1. The lowest BCUT2D eigenvalue weighted by Gasteiger charge is -2.35. The summed E-state index contributed by atoms with van der Waals surface area (Å²) < 4.78 is 27.2. The highest BCUT2D eigenvalue weighted by Crippen LogP contribution is 2.35. The van der Waals surface area contributed by atoms with Crippen molar-refractivity contribution in [2.75, 3.05) is 37.0 Å². The summed E-state index contributed by atoms with van der Waals surface area (Å²) in [6.07, 6.45) is 4.61. The first-order valence-corrected chi connectivity index (χ1v) is 30.1. The van der Waals surface area contributed by atoms with Crippen molar-refractivity contribution in [1.29, 1.82) is 0 Å². The van der Waals surface area contributed by atoms with Gasteiger partial charge in [0, 0.05) is 61.9 Å². The predicted octanol–water partition coefficient (Wildman–Crippen LogP) is 10.4. The van der Waals surface area contributed by atoms with E-state index in [0.717, 1.165) is 67.2 Å². The molecule has 0 bridgehead atoms. The Hall–Kier alpha value is -7.57. The second kappa shape index (κ2) is 27.0. The van der Waals surface area contributed by atoms with Gasteiger partial charge in [0.2, 0.25) is 17.7 Å². The number of carbonyl (C=O) groups is 5. The number of anilines is 2. The molecular weight excluding hydrogens is 1100 g/mol. The SMILES string of the molecule is COC(=O)c1nc(N2CCc3cccc(C(=O)Nc4nc5ccccc5s4)c3C2)sc1CCCOc1ccc(C#CCCCCCCC(=O)N[C@H](C(=O)N2C[C@H](O)C[C@H]2C(=O)NCc2ccc(-c3scnc3C)cc2)C(C)(C)C)c(F)c1. The van der Waals surface area contributed by atoms with Crippen molar-refractivity contribution in [2.24, 2.45) is 5.41 Å². The van der Waals surface area contributed by atoms with E-state index in [1.165, 1.54) is 40.7 Å². The molecule has 3 aromatic heterocycles. The maximum atomic E-state index is 15.2. The quantitative estimate of drug-likeness (QED) is 0.0301. The fourth-order valence-corrected chi connectivity index (χ4v) is 12.9. The minimum atomic E-state index is -0.908. The molecule has 428 valence electrons. The topological polar surface area (TPSA) is 205 Å². The van der Waals surface area contributed by atoms with E-state index in [0.29, 0.717) is 66.8 Å². The van der Waals surface area contributed by atoms with Gasteiger partial charge < -0.3 is 35.0 Å². The first-order chi connectivity index (χ1) is 39.5. The Morgan fingerprint density at radius 3 is 2.50 bits per heavy atom. The van der Waals surface area contributed by atoms with Crippen molar-refractivity contribution in [3.63, 3.8) is 0 Å². The molecule has 9 rings (SSSR count). The molecule has 0 saturated carbocycles. The molecule has 2 aliphatic heterocycles. The number of aryl methyl sites for hydroxylation is 2. The van der Waals surface area contributed by atoms with Gasteiger partial charge in [0.15, 0.2) is 16.0 Å². The number of nitrogens with zero attached hydrogens (tertiary/aromatic N) is 5. The van der Waals surface area contributed by atoms with Gasteiger partial charge in [-0.1, -0.05) is 105 Å². The van der Waals surface area contributed by atoms with Gasteiger partial charge in [-0.15, -0.1) is 22.7 Å². The molecule has 0 spiro atoms. The number of para-hydroxylation sites is 1. The van der Waals surface area contributed by atoms with Gasteiger partial charge in [0.25, 0.3) is 5.91 Å². The number of thiazole rings is 3. The number of ether oxygens (including phenoxy) is 2. The zero-order valence-electron chi connectivity index (χ0n) is 46.6. The Balaban J connectivity index is 0.686. The summed E-state index contributed by atoms with van der Waals surface area (Å²) in [6.45, 7) is 9.15. The van der Waals surface area contributed by atoms with Crippen LogP contribution in [0, 0.1) is 30.0 Å². The molecular formula is C62H67FN8O8S3. The van der Waals surface area contributed by atoms with E-state index >= 15 is 4.39 Å². The monoisotopic (exact) mass is 1170 g/mol. The number of β-amino-alcohol motifs (C(OH)–C–C–N with tert-alkyl or cyclic N) is 1. The normalized spacial score (nSPS) is 15.3. The van der Waals surface area contributed by atoms with E-state index in [4.69, 9.17) is 14.5 Å². The molecule has 20 heteroatoms. The van der Waals surface area contributed by atoms with Crippen molar-refractivity contribution in [3.8, 4) is 28.0 Å². The molecule has 0 aliphatic carbocycles. The first kappa shape index (κ1) is 59.1. The Labute approximate surface area is 488 Å². The third kappa shape index (κ3) is 14.7. The van der Waals surface area contributed by atoms with Gasteiger partial charge in [-0.2, -0.15) is 0 Å². The number of methoxy groups -OCH3 is 1. The fourth-order valence-electron chi connectivity index (χ4n) is 10.1. The minimum Gasteiger partial charge on any atom is -0.493 e. The number of esters is 1. The van der Waals surface area contributed by atoms with Crippen LogP contribution in [0.5, 0.6) is 5.75 Å². The summed E-state index contributed by atoms with van der Waals surface area (Å²) in [5, 5.41) is 20.7. The number of benzene rings is 4. The van der Waals surface area contributed by atoms with E-state index in [2.05, 4.69) is 42.7 Å². The second-order valence-electron chi connectivity index (χ2n) is 21.6. The average molecular weight is 1170 g/mol. The zero-order valence-corrected chi connectivity index (χ0v) is 49.1. The largest absolute Gasteiger partial charge is 0.493 e. The molecule has 0 radical (unpaired) electrons. The summed E-state index contributed by atoms with van der Waals surface area (Å²) >= 11 is 4.40. The van der Waals surface area contributed by atoms with Gasteiger partial charge in [0.1, 0.15) is 23.7 Å². The smallest absolute Gasteiger partial charge is 0.357 e. The standard InChI is InChI=1S/C62H67FN8O8S3/c1-38-54(80-37-65-38)42-25-23-39(24-26-42)34-64-57(75)49-32-43(72)35-71(49)58(76)55(62(2,3)4)67-52(73)22-11-9-7-6-8-10-16-41-27-28-44(33-47(41)63)79-31-15-21-51-53(59(77)78-5)68-61(82-51)70-30-29-40-17-14-18-45(46(40)36-70)56(74)69-60-66-48-19-12-13-20-50(48)81-60/h12-14,17-20,23-28,33,37,43,49,55,72H,6-9,11,15,21-22,29-32,34-36H2,1-5H3,(H,64,75)(H,67,73)(H,66,69,74)/t43-,49+,55-/m1/s1. The maximum absolute atomic E-state index is 15.2. The Morgan fingerprint density at radius 1 is 0.939 bits per heavy atom. The third-order valence-corrected chi connectivity index (χ3v) is 17.6. The molecule has 2 aliphatic rings. The van der Waals surface area contributed by atoms with Crippen LogP contribution in [0.3, 0.4) is 0 Å². The number of nitrogens with one attached hydrogen (secondary N) is 3. The van der Waals surface area contributed by atoms with E-state index < -0.39 is 41.3 Å². The molecule has 7 aromatic rings. The summed E-state index contributed by atoms with van der Waals surface area (Å²) in [6, 6.07) is 24.2. The maximum Gasteiger partial charge on any atom is 0.357 e. The van der Waals surface area contributed by atoms with Crippen LogP contribution in [0.25, 0.3) is 20.7 Å². The van der Waals surface area contributed by atoms with E-state index in [1.54, 1.807) is 23.5 Å². The van der Waals surface area contributed by atoms with Crippen LogP contribution in [-0.2, 0) is 45.1 Å². The summed E-state index contributed by atoms with van der Waals surface area (Å²) in [4.78, 5) is 86.3. The summed E-state index contributed by atoms with van der Waals surface area (Å²) in [5.74, 6) is 4.03. The molecule has 4 amide bonds. The van der Waals surface area contributed by atoms with Gasteiger partial charge in [0.05, 0.1) is 51.7 Å². The number of amides is 4. The number of fused-ring (bicyclic) bond motifs is 2. The molecule has 1 saturated heterocycles. The molecule has 1 fully saturated rings. The molecule has 4 aromatic carbocycles. The van der Waals surface area contributed by atoms with Crippen molar-refractivity contribution in [3.05, 3.63) is 140 Å². The average Bonchev–Trinajstić information content (AvgIpc) is 4.44. The Bertz CT molecular complexity index is 3470. The lowest BCUT2D eigenvalue weighted by Crippen LogP contribution is -2.57. The number of hydrogen-bond acceptors (Lipinski definition) is 15. The molecule has 5 heterocycles. The number of unbranched alkanes of at least 4 members (excludes halogenated alkanes) is 4. The summed E-state index contributed by atoms with van der Waals surface area (Å²) in [7, 11) is 1.32. The van der Waals surface area contributed by atoms with Gasteiger partial charge in [-0.3, -0.25) is 24.5 Å². The highest BCUT2D eigenvalue weighted by atomic mass is 32.1. The number of aliphatic hydroxyl groups is 1. The van der Waals surface area contributed by atoms with Crippen LogP contribution in [0.15, 0.2) is 90.4 Å². The van der Waals surface area contributed by atoms with Crippen LogP contribution in [0.1, 0.15) is 126 Å². The van der Waals surface area contributed by atoms with Gasteiger partial charge in [-0.05, 0) is 97.0 Å². The lowest BCUT2D eigenvalue weighted by molar-refractivity contribution is -0.144. The number of carbonyl (C=O) groups excluding carboxylic acids is 5. The van der Waals surface area contributed by atoms with E-state index in [-0.39, 0.29) is 61.5 Å². The highest BCUT2D eigenvalue weighted by molar-refractivity contribution is 7.22. The number of likely N-dealkylation sites (tertiary alicyclic amines) is 1. The Kier molecular flexibility index (Phi) is 19.5. The van der Waals surface area contributed by atoms with Crippen molar-refractivity contribution >= 4 is 84.1 Å². The van der Waals surface area contributed by atoms with Gasteiger partial charge in [-0.25, -0.2) is 24.1 Å². The van der Waals surface area contributed by atoms with E-state index in [1.807, 2.05) is 99.9 Å². The first-order valence-electron chi connectivity index (χ1n) is 27.6.